The van der Waals surface area contributed by atoms with Gasteiger partial charge in [0.05, 0.1) is 11.0 Å². The summed E-state index contributed by atoms with van der Waals surface area (Å²) in [6.45, 7) is 4.65. The summed E-state index contributed by atoms with van der Waals surface area (Å²) in [4.78, 5) is 19.2. The number of hydrogen-bond donors (Lipinski definition) is 1. The second kappa shape index (κ2) is 6.92. The van der Waals surface area contributed by atoms with E-state index < -0.39 is 0 Å². The SMILES string of the molecule is Cc1nc2ccccc2n1Cc1ccc(C(=O)N(C)C2CCNC2)cc1. The van der Waals surface area contributed by atoms with Crippen molar-refractivity contribution in [1.82, 2.24) is 19.8 Å². The number of benzene rings is 2. The van der Waals surface area contributed by atoms with E-state index in [2.05, 4.69) is 20.9 Å². The van der Waals surface area contributed by atoms with E-state index in [0.717, 1.165) is 54.0 Å². The molecule has 5 nitrogen and oxygen atoms in total. The van der Waals surface area contributed by atoms with E-state index in [4.69, 9.17) is 0 Å². The van der Waals surface area contributed by atoms with E-state index in [1.54, 1.807) is 0 Å². The summed E-state index contributed by atoms with van der Waals surface area (Å²) >= 11 is 0. The summed E-state index contributed by atoms with van der Waals surface area (Å²) in [5.74, 6) is 1.09. The van der Waals surface area contributed by atoms with Crippen LogP contribution in [0.2, 0.25) is 0 Å². The van der Waals surface area contributed by atoms with Gasteiger partial charge in [-0.15, -0.1) is 0 Å². The zero-order chi connectivity index (χ0) is 18.1. The maximum absolute atomic E-state index is 12.7. The van der Waals surface area contributed by atoms with Crippen LogP contribution in [0.4, 0.5) is 0 Å². The number of nitrogens with zero attached hydrogens (tertiary/aromatic N) is 3. The summed E-state index contributed by atoms with van der Waals surface area (Å²) in [5, 5.41) is 3.31. The molecule has 1 aliphatic heterocycles. The normalized spacial score (nSPS) is 16.9. The highest BCUT2D eigenvalue weighted by Crippen LogP contribution is 2.18. The van der Waals surface area contributed by atoms with Crippen molar-refractivity contribution in [3.8, 4) is 0 Å². The van der Waals surface area contributed by atoms with E-state index in [9.17, 15) is 4.79 Å². The van der Waals surface area contributed by atoms with Gasteiger partial charge >= 0.3 is 0 Å². The van der Waals surface area contributed by atoms with E-state index in [1.165, 1.54) is 0 Å². The average molecular weight is 348 g/mol. The third kappa shape index (κ3) is 3.10. The fourth-order valence-electron chi connectivity index (χ4n) is 3.67. The summed E-state index contributed by atoms with van der Waals surface area (Å²) in [5.41, 5.74) is 4.07. The van der Waals surface area contributed by atoms with Crippen molar-refractivity contribution in [3.63, 3.8) is 0 Å². The number of imidazole rings is 1. The smallest absolute Gasteiger partial charge is 0.253 e. The standard InChI is InChI=1S/C21H24N4O/c1-15-23-19-5-3-4-6-20(19)25(15)14-16-7-9-17(10-8-16)21(26)24(2)18-11-12-22-13-18/h3-10,18,22H,11-14H2,1-2H3. The lowest BCUT2D eigenvalue weighted by molar-refractivity contribution is 0.0744. The number of para-hydroxylation sites is 2. The van der Waals surface area contributed by atoms with Gasteiger partial charge in [-0.25, -0.2) is 4.98 Å². The van der Waals surface area contributed by atoms with Crippen LogP contribution in [0, 0.1) is 6.92 Å². The van der Waals surface area contributed by atoms with Crippen LogP contribution in [0.1, 0.15) is 28.2 Å². The number of amides is 1. The van der Waals surface area contributed by atoms with Gasteiger partial charge in [-0.1, -0.05) is 24.3 Å². The highest BCUT2D eigenvalue weighted by molar-refractivity contribution is 5.94. The van der Waals surface area contributed by atoms with Crippen molar-refractivity contribution >= 4 is 16.9 Å². The minimum absolute atomic E-state index is 0.0921. The molecule has 3 aromatic rings. The first-order chi connectivity index (χ1) is 12.6. The lowest BCUT2D eigenvalue weighted by Gasteiger charge is -2.23. The summed E-state index contributed by atoms with van der Waals surface area (Å²) < 4.78 is 2.21. The first-order valence-corrected chi connectivity index (χ1v) is 9.12. The minimum Gasteiger partial charge on any atom is -0.337 e. The third-order valence-corrected chi connectivity index (χ3v) is 5.29. The van der Waals surface area contributed by atoms with Crippen LogP contribution in [-0.4, -0.2) is 46.5 Å². The first-order valence-electron chi connectivity index (χ1n) is 9.12. The molecule has 2 heterocycles. The topological polar surface area (TPSA) is 50.2 Å². The third-order valence-electron chi connectivity index (χ3n) is 5.29. The average Bonchev–Trinajstić information content (AvgIpc) is 3.30. The Morgan fingerprint density at radius 1 is 1.23 bits per heavy atom. The molecule has 0 aliphatic carbocycles. The van der Waals surface area contributed by atoms with Gasteiger partial charge in [0.2, 0.25) is 0 Å². The van der Waals surface area contributed by atoms with Crippen molar-refractivity contribution in [3.05, 3.63) is 65.5 Å². The number of likely N-dealkylation sites (N-methyl/N-ethyl adjacent to an activating group) is 1. The van der Waals surface area contributed by atoms with E-state index in [1.807, 2.05) is 61.3 Å². The van der Waals surface area contributed by atoms with Gasteiger partial charge < -0.3 is 14.8 Å². The van der Waals surface area contributed by atoms with E-state index in [0.29, 0.717) is 6.04 Å². The Morgan fingerprint density at radius 3 is 2.73 bits per heavy atom. The van der Waals surface area contributed by atoms with E-state index >= 15 is 0 Å². The molecule has 0 spiro atoms. The first kappa shape index (κ1) is 16.8. The molecule has 1 saturated heterocycles. The molecule has 1 aliphatic rings. The molecule has 1 N–H and O–H groups in total. The second-order valence-corrected chi connectivity index (χ2v) is 6.99. The molecule has 0 radical (unpaired) electrons. The van der Waals surface area contributed by atoms with Gasteiger partial charge in [-0.2, -0.15) is 0 Å². The molecule has 5 heteroatoms. The Kier molecular flexibility index (Phi) is 4.47. The maximum atomic E-state index is 12.7. The molecule has 1 aromatic heterocycles. The minimum atomic E-state index is 0.0921. The number of nitrogens with one attached hydrogen (secondary N) is 1. The molecule has 0 saturated carbocycles. The zero-order valence-electron chi connectivity index (χ0n) is 15.3. The summed E-state index contributed by atoms with van der Waals surface area (Å²) in [6, 6.07) is 16.4. The fourth-order valence-corrected chi connectivity index (χ4v) is 3.67. The predicted molar refractivity (Wildman–Crippen MR) is 103 cm³/mol. The highest BCUT2D eigenvalue weighted by Gasteiger charge is 2.23. The lowest BCUT2D eigenvalue weighted by atomic mass is 10.1. The Labute approximate surface area is 153 Å². The molecular formula is C21H24N4O. The highest BCUT2D eigenvalue weighted by atomic mass is 16.2. The quantitative estimate of drug-likeness (QED) is 0.789. The number of fused-ring (bicyclic) bond motifs is 1. The van der Waals surface area contributed by atoms with Gasteiger partial charge in [0.15, 0.2) is 0 Å². The number of aryl methyl sites for hydroxylation is 1. The van der Waals surface area contributed by atoms with Gasteiger partial charge in [0.1, 0.15) is 5.82 Å². The van der Waals surface area contributed by atoms with Crippen LogP contribution in [0.25, 0.3) is 11.0 Å². The fraction of sp³-hybridized carbons (Fsp3) is 0.333. The molecule has 1 atom stereocenters. The number of rotatable bonds is 4. The molecule has 134 valence electrons. The van der Waals surface area contributed by atoms with Gasteiger partial charge in [0, 0.05) is 31.7 Å². The molecule has 0 bridgehead atoms. The van der Waals surface area contributed by atoms with Gasteiger partial charge in [0.25, 0.3) is 5.91 Å². The Balaban J connectivity index is 1.52. The Morgan fingerprint density at radius 2 is 2.00 bits per heavy atom. The second-order valence-electron chi connectivity index (χ2n) is 6.99. The molecule has 2 aromatic carbocycles. The van der Waals surface area contributed by atoms with Crippen LogP contribution < -0.4 is 5.32 Å². The number of carbonyl (C=O) groups is 1. The molecule has 26 heavy (non-hydrogen) atoms. The summed E-state index contributed by atoms with van der Waals surface area (Å²) in [6.07, 6.45) is 1.02. The zero-order valence-corrected chi connectivity index (χ0v) is 15.3. The summed E-state index contributed by atoms with van der Waals surface area (Å²) in [7, 11) is 1.90. The van der Waals surface area contributed by atoms with Gasteiger partial charge in [-0.3, -0.25) is 4.79 Å². The van der Waals surface area contributed by atoms with Crippen LogP contribution >= 0.6 is 0 Å². The maximum Gasteiger partial charge on any atom is 0.253 e. The van der Waals surface area contributed by atoms with Crippen LogP contribution in [0.15, 0.2) is 48.5 Å². The Hall–Kier alpha value is -2.66. The van der Waals surface area contributed by atoms with E-state index in [-0.39, 0.29) is 5.91 Å². The lowest BCUT2D eigenvalue weighted by Crippen LogP contribution is -2.38. The number of aromatic nitrogens is 2. The van der Waals surface area contributed by atoms with Crippen molar-refractivity contribution in [2.24, 2.45) is 0 Å². The Bertz CT molecular complexity index is 923. The van der Waals surface area contributed by atoms with Gasteiger partial charge in [-0.05, 0) is 49.7 Å². The molecule has 1 fully saturated rings. The van der Waals surface area contributed by atoms with Crippen molar-refractivity contribution in [2.75, 3.05) is 20.1 Å². The van der Waals surface area contributed by atoms with Crippen molar-refractivity contribution in [1.29, 1.82) is 0 Å². The molecule has 1 unspecified atom stereocenters. The number of hydrogen-bond acceptors (Lipinski definition) is 3. The number of carbonyl (C=O) groups excluding carboxylic acids is 1. The van der Waals surface area contributed by atoms with Crippen molar-refractivity contribution in [2.45, 2.75) is 25.9 Å². The van der Waals surface area contributed by atoms with Crippen LogP contribution in [0.3, 0.4) is 0 Å². The van der Waals surface area contributed by atoms with Crippen LogP contribution in [-0.2, 0) is 6.54 Å². The largest absolute Gasteiger partial charge is 0.337 e. The predicted octanol–water partition coefficient (Wildman–Crippen LogP) is 2.83. The van der Waals surface area contributed by atoms with Crippen molar-refractivity contribution < 1.29 is 4.79 Å². The van der Waals surface area contributed by atoms with Crippen LogP contribution in [0.5, 0.6) is 0 Å². The molecule has 4 rings (SSSR count). The molecular weight excluding hydrogens is 324 g/mol. The molecule has 1 amide bonds. The monoisotopic (exact) mass is 348 g/mol.